The largest absolute Gasteiger partial charge is 0.413 e. The van der Waals surface area contributed by atoms with Crippen LogP contribution in [0, 0.1) is 0 Å². The Morgan fingerprint density at radius 3 is 2.74 bits per heavy atom. The van der Waals surface area contributed by atoms with Gasteiger partial charge in [-0.05, 0) is 44.9 Å². The number of carbonyl (C=O) groups is 2. The van der Waals surface area contributed by atoms with Gasteiger partial charge in [0.05, 0.1) is 5.38 Å². The molecule has 1 rings (SSSR count). The van der Waals surface area contributed by atoms with Gasteiger partial charge in [0, 0.05) is 5.54 Å². The number of amides is 1. The van der Waals surface area contributed by atoms with E-state index in [4.69, 9.17) is 16.3 Å². The van der Waals surface area contributed by atoms with Crippen LogP contribution in [-0.4, -0.2) is 23.3 Å². The highest BCUT2D eigenvalue weighted by Crippen LogP contribution is 2.16. The monoisotopic (exact) mass is 283 g/mol. The van der Waals surface area contributed by atoms with Crippen molar-refractivity contribution in [3.8, 4) is 5.75 Å². The predicted octanol–water partition coefficient (Wildman–Crippen LogP) is 2.92. The highest BCUT2D eigenvalue weighted by molar-refractivity contribution is 6.27. The second-order valence-electron chi connectivity index (χ2n) is 5.27. The van der Waals surface area contributed by atoms with Crippen molar-refractivity contribution in [3.05, 3.63) is 29.8 Å². The van der Waals surface area contributed by atoms with Crippen LogP contribution in [0.15, 0.2) is 24.3 Å². The molecule has 5 heteroatoms. The van der Waals surface area contributed by atoms with E-state index in [1.54, 1.807) is 18.2 Å². The summed E-state index contributed by atoms with van der Waals surface area (Å²) in [5.41, 5.74) is 0.487. The van der Waals surface area contributed by atoms with Gasteiger partial charge < -0.3 is 14.8 Å². The highest BCUT2D eigenvalue weighted by atomic mass is 35.5. The number of halogens is 1. The zero-order chi connectivity index (χ0) is 14.5. The van der Waals surface area contributed by atoms with Crippen molar-refractivity contribution < 1.29 is 14.3 Å². The number of hydrogen-bond acceptors (Lipinski definition) is 3. The van der Waals surface area contributed by atoms with Gasteiger partial charge in [-0.3, -0.25) is 0 Å². The van der Waals surface area contributed by atoms with Crippen molar-refractivity contribution >= 4 is 24.0 Å². The van der Waals surface area contributed by atoms with Crippen molar-refractivity contribution in [2.75, 3.05) is 0 Å². The molecule has 0 spiro atoms. The third kappa shape index (κ3) is 6.25. The van der Waals surface area contributed by atoms with E-state index in [0.717, 1.165) is 5.56 Å². The number of benzene rings is 1. The molecule has 1 amide bonds. The van der Waals surface area contributed by atoms with E-state index >= 15 is 0 Å². The molecular formula is C14H18ClNO3. The van der Waals surface area contributed by atoms with E-state index in [2.05, 4.69) is 5.32 Å². The van der Waals surface area contributed by atoms with Gasteiger partial charge in [-0.2, -0.15) is 0 Å². The smallest absolute Gasteiger partial charge is 0.410 e. The standard InChI is InChI=1S/C14H18ClNO3/c1-14(2,3)16-13(18)19-12-6-4-5-10(8-12)7-11(15)9-17/h4-6,8-9,11H,7H2,1-3H3,(H,16,18). The van der Waals surface area contributed by atoms with Gasteiger partial charge in [-0.25, -0.2) is 4.79 Å². The molecule has 0 aliphatic carbocycles. The van der Waals surface area contributed by atoms with Crippen LogP contribution in [0.3, 0.4) is 0 Å². The lowest BCUT2D eigenvalue weighted by Gasteiger charge is -2.19. The molecule has 4 nitrogen and oxygen atoms in total. The van der Waals surface area contributed by atoms with E-state index in [0.29, 0.717) is 18.5 Å². The van der Waals surface area contributed by atoms with E-state index in [1.807, 2.05) is 26.8 Å². The number of hydrogen-bond donors (Lipinski definition) is 1. The zero-order valence-electron chi connectivity index (χ0n) is 11.3. The van der Waals surface area contributed by atoms with Gasteiger partial charge in [-0.15, -0.1) is 11.6 Å². The lowest BCUT2D eigenvalue weighted by molar-refractivity contribution is -0.107. The number of aldehydes is 1. The Bertz CT molecular complexity index is 454. The van der Waals surface area contributed by atoms with Crippen molar-refractivity contribution in [1.29, 1.82) is 0 Å². The molecule has 1 unspecified atom stereocenters. The van der Waals surface area contributed by atoms with E-state index in [9.17, 15) is 9.59 Å². The van der Waals surface area contributed by atoms with Gasteiger partial charge in [-0.1, -0.05) is 12.1 Å². The van der Waals surface area contributed by atoms with Crippen LogP contribution in [0.2, 0.25) is 0 Å². The second-order valence-corrected chi connectivity index (χ2v) is 5.83. The van der Waals surface area contributed by atoms with Gasteiger partial charge in [0.25, 0.3) is 0 Å². The maximum absolute atomic E-state index is 11.6. The van der Waals surface area contributed by atoms with Gasteiger partial charge in [0.1, 0.15) is 12.0 Å². The molecule has 104 valence electrons. The van der Waals surface area contributed by atoms with Gasteiger partial charge >= 0.3 is 6.09 Å². The van der Waals surface area contributed by atoms with E-state index < -0.39 is 11.5 Å². The average molecular weight is 284 g/mol. The molecule has 1 atom stereocenters. The summed E-state index contributed by atoms with van der Waals surface area (Å²) in [5.74, 6) is 0.425. The van der Waals surface area contributed by atoms with Gasteiger partial charge in [0.15, 0.2) is 0 Å². The Balaban J connectivity index is 2.66. The minimum atomic E-state index is -0.571. The van der Waals surface area contributed by atoms with Crippen LogP contribution in [0.25, 0.3) is 0 Å². The molecule has 1 aromatic carbocycles. The number of ether oxygens (including phenoxy) is 1. The number of nitrogens with one attached hydrogen (secondary N) is 1. The molecule has 1 aromatic rings. The zero-order valence-corrected chi connectivity index (χ0v) is 12.0. The minimum absolute atomic E-state index is 0.354. The molecule has 0 bridgehead atoms. The lowest BCUT2D eigenvalue weighted by Crippen LogP contribution is -2.42. The first-order chi connectivity index (χ1) is 8.80. The molecule has 0 radical (unpaired) electrons. The highest BCUT2D eigenvalue weighted by Gasteiger charge is 2.15. The summed E-state index contributed by atoms with van der Waals surface area (Å²) in [6.45, 7) is 5.60. The van der Waals surface area contributed by atoms with Crippen molar-refractivity contribution in [3.63, 3.8) is 0 Å². The number of alkyl halides is 1. The quantitative estimate of drug-likeness (QED) is 0.683. The summed E-state index contributed by atoms with van der Waals surface area (Å²) in [6, 6.07) is 6.95. The summed E-state index contributed by atoms with van der Waals surface area (Å²) in [4.78, 5) is 22.1. The summed E-state index contributed by atoms with van der Waals surface area (Å²) < 4.78 is 5.16. The van der Waals surface area contributed by atoms with Crippen LogP contribution in [0.1, 0.15) is 26.3 Å². The van der Waals surface area contributed by atoms with Crippen molar-refractivity contribution in [2.24, 2.45) is 0 Å². The van der Waals surface area contributed by atoms with Gasteiger partial charge in [0.2, 0.25) is 0 Å². The summed E-state index contributed by atoms with van der Waals surface area (Å²) in [6.07, 6.45) is 0.576. The molecule has 0 aliphatic heterocycles. The SMILES string of the molecule is CC(C)(C)NC(=O)Oc1cccc(CC(Cl)C=O)c1. The first-order valence-corrected chi connectivity index (χ1v) is 6.42. The van der Waals surface area contributed by atoms with Crippen LogP contribution in [0.5, 0.6) is 5.75 Å². The first-order valence-electron chi connectivity index (χ1n) is 5.98. The molecule has 0 fully saturated rings. The van der Waals surface area contributed by atoms with Crippen molar-refractivity contribution in [2.45, 2.75) is 38.1 Å². The summed E-state index contributed by atoms with van der Waals surface area (Å²) in [5, 5.41) is 2.12. The molecule has 19 heavy (non-hydrogen) atoms. The van der Waals surface area contributed by atoms with Crippen LogP contribution < -0.4 is 10.1 Å². The maximum atomic E-state index is 11.6. The normalized spacial score (nSPS) is 12.6. The van der Waals surface area contributed by atoms with E-state index in [1.165, 1.54) is 0 Å². The summed E-state index contributed by atoms with van der Waals surface area (Å²) in [7, 11) is 0. The third-order valence-corrected chi connectivity index (χ3v) is 2.42. The average Bonchev–Trinajstić information content (AvgIpc) is 2.26. The second kappa shape index (κ2) is 6.57. The molecule has 0 saturated carbocycles. The molecule has 0 saturated heterocycles. The minimum Gasteiger partial charge on any atom is -0.410 e. The first kappa shape index (κ1) is 15.5. The topological polar surface area (TPSA) is 55.4 Å². The lowest BCUT2D eigenvalue weighted by atomic mass is 10.1. The Morgan fingerprint density at radius 1 is 1.47 bits per heavy atom. The maximum Gasteiger partial charge on any atom is 0.413 e. The predicted molar refractivity (Wildman–Crippen MR) is 74.8 cm³/mol. The summed E-state index contributed by atoms with van der Waals surface area (Å²) >= 11 is 5.76. The third-order valence-electron chi connectivity index (χ3n) is 2.16. The van der Waals surface area contributed by atoms with Crippen LogP contribution in [0.4, 0.5) is 4.79 Å². The van der Waals surface area contributed by atoms with Crippen molar-refractivity contribution in [1.82, 2.24) is 5.32 Å². The fourth-order valence-electron chi connectivity index (χ4n) is 1.45. The molecule has 0 heterocycles. The fraction of sp³-hybridized carbons (Fsp3) is 0.429. The number of carbonyl (C=O) groups excluding carboxylic acids is 2. The molecule has 0 aromatic heterocycles. The Labute approximate surface area is 118 Å². The molecule has 1 N–H and O–H groups in total. The van der Waals surface area contributed by atoms with Crippen LogP contribution in [-0.2, 0) is 11.2 Å². The molecular weight excluding hydrogens is 266 g/mol. The fourth-order valence-corrected chi connectivity index (χ4v) is 1.63. The van der Waals surface area contributed by atoms with Crippen LogP contribution >= 0.6 is 11.6 Å². The molecule has 0 aliphatic rings. The Kier molecular flexibility index (Phi) is 5.36. The Morgan fingerprint density at radius 2 is 2.16 bits per heavy atom. The van der Waals surface area contributed by atoms with E-state index in [-0.39, 0.29) is 5.54 Å². The number of rotatable bonds is 4. The Hall–Kier alpha value is -1.55.